The number of hydrogen-bond acceptors (Lipinski definition) is 3. The summed E-state index contributed by atoms with van der Waals surface area (Å²) in [6.07, 6.45) is -3.02. The van der Waals surface area contributed by atoms with E-state index in [4.69, 9.17) is 0 Å². The Hall–Kier alpha value is -1.11. The van der Waals surface area contributed by atoms with E-state index in [1.54, 1.807) is 0 Å². The summed E-state index contributed by atoms with van der Waals surface area (Å²) in [5.74, 6) is -2.09. The minimum atomic E-state index is -3.02. The largest absolute Gasteiger partial charge is 0.464 e. The minimum Gasteiger partial charge on any atom is -0.464 e. The topological polar surface area (TPSA) is 39.2 Å². The summed E-state index contributed by atoms with van der Waals surface area (Å²) in [6.45, 7) is 0. The molecule has 82 valence electrons. The highest BCUT2D eigenvalue weighted by Gasteiger charge is 2.21. The van der Waals surface area contributed by atoms with Gasteiger partial charge in [-0.25, -0.2) is 22.9 Å². The molecule has 3 nitrogen and oxygen atoms in total. The van der Waals surface area contributed by atoms with Crippen molar-refractivity contribution < 1.29 is 22.7 Å². The van der Waals surface area contributed by atoms with E-state index in [9.17, 15) is 18.0 Å². The number of carbonyl (C=O) groups is 1. The Morgan fingerprint density at radius 2 is 2.20 bits per heavy atom. The summed E-state index contributed by atoms with van der Waals surface area (Å²) >= 11 is 2.64. The van der Waals surface area contributed by atoms with Crippen LogP contribution in [0.5, 0.6) is 0 Å². The van der Waals surface area contributed by atoms with Crippen LogP contribution in [0.15, 0.2) is 10.7 Å². The Labute approximate surface area is 91.4 Å². The predicted octanol–water partition coefficient (Wildman–Crippen LogP) is 2.71. The molecular weight excluding hydrogens is 279 g/mol. The van der Waals surface area contributed by atoms with Gasteiger partial charge in [0, 0.05) is 0 Å². The van der Waals surface area contributed by atoms with Gasteiger partial charge >= 0.3 is 5.97 Å². The predicted molar refractivity (Wildman–Crippen MR) is 48.2 cm³/mol. The van der Waals surface area contributed by atoms with E-state index in [-0.39, 0.29) is 5.69 Å². The van der Waals surface area contributed by atoms with Crippen LogP contribution in [0.2, 0.25) is 0 Å². The number of rotatable bonds is 2. The molecule has 1 heterocycles. The van der Waals surface area contributed by atoms with Gasteiger partial charge in [-0.05, 0) is 22.0 Å². The fraction of sp³-hybridized carbons (Fsp3) is 0.250. The van der Waals surface area contributed by atoms with E-state index < -0.39 is 28.4 Å². The molecule has 0 aromatic carbocycles. The molecule has 15 heavy (non-hydrogen) atoms. The SMILES string of the molecule is COC(=O)c1cc(C(F)F)c(F)c(Br)n1. The van der Waals surface area contributed by atoms with Crippen molar-refractivity contribution in [2.45, 2.75) is 6.43 Å². The lowest BCUT2D eigenvalue weighted by molar-refractivity contribution is 0.0593. The van der Waals surface area contributed by atoms with Crippen LogP contribution >= 0.6 is 15.9 Å². The van der Waals surface area contributed by atoms with E-state index >= 15 is 0 Å². The zero-order valence-corrected chi connectivity index (χ0v) is 9.02. The summed E-state index contributed by atoms with van der Waals surface area (Å²) in [5, 5.41) is 0. The number of alkyl halides is 2. The smallest absolute Gasteiger partial charge is 0.356 e. The highest BCUT2D eigenvalue weighted by atomic mass is 79.9. The number of pyridine rings is 1. The molecule has 0 aliphatic heterocycles. The molecule has 0 aliphatic rings. The van der Waals surface area contributed by atoms with Crippen LogP contribution in [0.3, 0.4) is 0 Å². The maximum atomic E-state index is 13.1. The lowest BCUT2D eigenvalue weighted by Crippen LogP contribution is -2.07. The lowest BCUT2D eigenvalue weighted by atomic mass is 10.2. The van der Waals surface area contributed by atoms with Crippen molar-refractivity contribution in [3.63, 3.8) is 0 Å². The van der Waals surface area contributed by atoms with Crippen LogP contribution in [0, 0.1) is 5.82 Å². The molecule has 0 spiro atoms. The Morgan fingerprint density at radius 3 is 2.67 bits per heavy atom. The van der Waals surface area contributed by atoms with Gasteiger partial charge < -0.3 is 4.74 Å². The quantitative estimate of drug-likeness (QED) is 0.619. The summed E-state index contributed by atoms with van der Waals surface area (Å²) in [4.78, 5) is 14.4. The van der Waals surface area contributed by atoms with Crippen LogP contribution in [0.1, 0.15) is 22.5 Å². The number of halogens is 4. The van der Waals surface area contributed by atoms with Gasteiger partial charge in [0.25, 0.3) is 6.43 Å². The normalized spacial score (nSPS) is 10.5. The third-order valence-corrected chi connectivity index (χ3v) is 2.10. The molecule has 1 rings (SSSR count). The highest BCUT2D eigenvalue weighted by Crippen LogP contribution is 2.26. The molecule has 0 saturated heterocycles. The van der Waals surface area contributed by atoms with Crippen LogP contribution < -0.4 is 0 Å². The number of nitrogens with zero attached hydrogens (tertiary/aromatic N) is 1. The fourth-order valence-corrected chi connectivity index (χ4v) is 1.30. The Balaban J connectivity index is 3.29. The number of aromatic nitrogens is 1. The third-order valence-electron chi connectivity index (χ3n) is 1.58. The van der Waals surface area contributed by atoms with Gasteiger partial charge in [0.2, 0.25) is 0 Å². The van der Waals surface area contributed by atoms with Gasteiger partial charge in [-0.2, -0.15) is 0 Å². The lowest BCUT2D eigenvalue weighted by Gasteiger charge is -2.05. The fourth-order valence-electron chi connectivity index (χ4n) is 0.885. The summed E-state index contributed by atoms with van der Waals surface area (Å²) < 4.78 is 41.5. The first-order valence-electron chi connectivity index (χ1n) is 3.69. The highest BCUT2D eigenvalue weighted by molar-refractivity contribution is 9.10. The van der Waals surface area contributed by atoms with Crippen molar-refractivity contribution in [1.82, 2.24) is 4.98 Å². The Bertz CT molecular complexity index is 398. The van der Waals surface area contributed by atoms with Crippen molar-refractivity contribution in [1.29, 1.82) is 0 Å². The standard InChI is InChI=1S/C8H5BrF3NO2/c1-15-8(14)4-2-3(7(11)12)5(10)6(9)13-4/h2,7H,1H3. The first kappa shape index (κ1) is 12.0. The molecule has 0 bridgehead atoms. The van der Waals surface area contributed by atoms with Crippen molar-refractivity contribution in [2.24, 2.45) is 0 Å². The summed E-state index contributed by atoms with van der Waals surface area (Å²) in [6, 6.07) is 0.663. The van der Waals surface area contributed by atoms with Gasteiger partial charge in [-0.1, -0.05) is 0 Å². The summed E-state index contributed by atoms with van der Waals surface area (Å²) in [5.41, 5.74) is -1.27. The molecular formula is C8H5BrF3NO2. The van der Waals surface area contributed by atoms with Gasteiger partial charge in [0.15, 0.2) is 5.82 Å². The van der Waals surface area contributed by atoms with Gasteiger partial charge in [0.1, 0.15) is 10.3 Å². The van der Waals surface area contributed by atoms with E-state index in [1.165, 1.54) is 0 Å². The number of ether oxygens (including phenoxy) is 1. The zero-order chi connectivity index (χ0) is 11.6. The Kier molecular flexibility index (Phi) is 3.67. The number of methoxy groups -OCH3 is 1. The molecule has 1 aromatic rings. The second kappa shape index (κ2) is 4.61. The molecule has 0 aliphatic carbocycles. The molecule has 0 unspecified atom stereocenters. The molecule has 0 amide bonds. The van der Waals surface area contributed by atoms with Crippen LogP contribution in [-0.2, 0) is 4.74 Å². The van der Waals surface area contributed by atoms with Crippen LogP contribution in [-0.4, -0.2) is 18.1 Å². The minimum absolute atomic E-state index is 0.374. The number of hydrogen-bond donors (Lipinski definition) is 0. The second-order valence-electron chi connectivity index (χ2n) is 2.49. The van der Waals surface area contributed by atoms with E-state index in [0.717, 1.165) is 7.11 Å². The van der Waals surface area contributed by atoms with Gasteiger partial charge in [-0.15, -0.1) is 0 Å². The average molecular weight is 284 g/mol. The maximum Gasteiger partial charge on any atom is 0.356 e. The molecule has 0 saturated carbocycles. The second-order valence-corrected chi connectivity index (χ2v) is 3.24. The van der Waals surface area contributed by atoms with Crippen LogP contribution in [0.25, 0.3) is 0 Å². The Morgan fingerprint density at radius 1 is 1.60 bits per heavy atom. The monoisotopic (exact) mass is 283 g/mol. The van der Waals surface area contributed by atoms with Crippen LogP contribution in [0.4, 0.5) is 13.2 Å². The third kappa shape index (κ3) is 2.47. The van der Waals surface area contributed by atoms with E-state index in [0.29, 0.717) is 6.07 Å². The number of esters is 1. The van der Waals surface area contributed by atoms with E-state index in [1.807, 2.05) is 0 Å². The maximum absolute atomic E-state index is 13.1. The first-order chi connectivity index (χ1) is 6.97. The van der Waals surface area contributed by atoms with Crippen molar-refractivity contribution in [3.8, 4) is 0 Å². The zero-order valence-electron chi connectivity index (χ0n) is 7.43. The van der Waals surface area contributed by atoms with Gasteiger partial charge in [-0.3, -0.25) is 0 Å². The number of carbonyl (C=O) groups excluding carboxylic acids is 1. The van der Waals surface area contributed by atoms with Crippen molar-refractivity contribution in [3.05, 3.63) is 27.7 Å². The van der Waals surface area contributed by atoms with Gasteiger partial charge in [0.05, 0.1) is 12.7 Å². The molecule has 7 heteroatoms. The molecule has 0 radical (unpaired) electrons. The average Bonchev–Trinajstić information content (AvgIpc) is 2.20. The molecule has 0 atom stereocenters. The molecule has 0 N–H and O–H groups in total. The molecule has 0 fully saturated rings. The first-order valence-corrected chi connectivity index (χ1v) is 4.49. The van der Waals surface area contributed by atoms with Crippen molar-refractivity contribution >= 4 is 21.9 Å². The van der Waals surface area contributed by atoms with Crippen molar-refractivity contribution in [2.75, 3.05) is 7.11 Å². The summed E-state index contributed by atoms with van der Waals surface area (Å²) in [7, 11) is 1.07. The molecule has 1 aromatic heterocycles. The van der Waals surface area contributed by atoms with E-state index in [2.05, 4.69) is 25.7 Å².